The van der Waals surface area contributed by atoms with Crippen LogP contribution >= 0.6 is 22.6 Å². The van der Waals surface area contributed by atoms with E-state index >= 15 is 0 Å². The molecule has 1 rings (SSSR count). The van der Waals surface area contributed by atoms with Crippen molar-refractivity contribution >= 4 is 28.7 Å². The van der Waals surface area contributed by atoms with Crippen LogP contribution in [0.1, 0.15) is 18.5 Å². The normalized spacial score (nSPS) is 11.9. The second kappa shape index (κ2) is 5.85. The molecule has 0 unspecified atom stereocenters. The fourth-order valence-electron chi connectivity index (χ4n) is 1.09. The molecule has 0 bridgehead atoms. The van der Waals surface area contributed by atoms with E-state index in [0.717, 1.165) is 5.56 Å². The molecule has 0 fully saturated rings. The molecule has 1 amide bonds. The minimum Gasteiger partial charge on any atom is -0.439 e. The predicted octanol–water partition coefficient (Wildman–Crippen LogP) is 2.87. The average molecular weight is 305 g/mol. The van der Waals surface area contributed by atoms with Crippen molar-refractivity contribution in [2.24, 2.45) is 0 Å². The van der Waals surface area contributed by atoms with Crippen LogP contribution in [0.25, 0.3) is 0 Å². The number of alkyl halides is 1. The lowest BCUT2D eigenvalue weighted by molar-refractivity contribution is 0.165. The second-order valence-electron chi connectivity index (χ2n) is 2.82. The zero-order valence-electron chi connectivity index (χ0n) is 7.87. The number of carbonyl (C=O) groups excluding carboxylic acids is 1. The first-order valence-corrected chi connectivity index (χ1v) is 5.81. The Morgan fingerprint density at radius 2 is 2.14 bits per heavy atom. The van der Waals surface area contributed by atoms with Crippen LogP contribution < -0.4 is 5.32 Å². The Morgan fingerprint density at radius 1 is 1.50 bits per heavy atom. The molecular weight excluding hydrogens is 293 g/mol. The summed E-state index contributed by atoms with van der Waals surface area (Å²) < 4.78 is 5.14. The third kappa shape index (κ3) is 3.53. The smallest absolute Gasteiger partial charge is 0.408 e. The maximum Gasteiger partial charge on any atom is 0.408 e. The summed E-state index contributed by atoms with van der Waals surface area (Å²) >= 11 is 1.98. The predicted molar refractivity (Wildman–Crippen MR) is 63.4 cm³/mol. The highest BCUT2D eigenvalue weighted by molar-refractivity contribution is 14.1. The molecular formula is C10H12INO2. The molecule has 3 nitrogen and oxygen atoms in total. The minimum absolute atomic E-state index is 0.0216. The van der Waals surface area contributed by atoms with Gasteiger partial charge in [0.2, 0.25) is 0 Å². The number of rotatable bonds is 3. The van der Waals surface area contributed by atoms with Crippen molar-refractivity contribution in [1.29, 1.82) is 0 Å². The lowest BCUT2D eigenvalue weighted by atomic mass is 10.1. The molecule has 0 saturated heterocycles. The highest BCUT2D eigenvalue weighted by Gasteiger charge is 2.08. The molecule has 1 N–H and O–H groups in total. The van der Waals surface area contributed by atoms with Gasteiger partial charge in [-0.05, 0) is 35.1 Å². The third-order valence-corrected chi connectivity index (χ3v) is 2.13. The molecule has 76 valence electrons. The van der Waals surface area contributed by atoms with E-state index in [1.54, 1.807) is 0 Å². The van der Waals surface area contributed by atoms with Crippen LogP contribution in [0.2, 0.25) is 0 Å². The zero-order valence-corrected chi connectivity index (χ0v) is 10.0. The van der Waals surface area contributed by atoms with E-state index in [9.17, 15) is 4.79 Å². The number of benzene rings is 1. The fourth-order valence-corrected chi connectivity index (χ4v) is 1.38. The summed E-state index contributed by atoms with van der Waals surface area (Å²) in [6, 6.07) is 9.74. The molecule has 0 aliphatic rings. The van der Waals surface area contributed by atoms with Gasteiger partial charge in [-0.25, -0.2) is 4.79 Å². The molecule has 0 aliphatic carbocycles. The van der Waals surface area contributed by atoms with Gasteiger partial charge in [-0.3, -0.25) is 0 Å². The van der Waals surface area contributed by atoms with Crippen LogP contribution in [0.5, 0.6) is 0 Å². The Balaban J connectivity index is 2.50. The number of ether oxygens (including phenoxy) is 1. The summed E-state index contributed by atoms with van der Waals surface area (Å²) in [5.41, 5.74) is 1.07. The van der Waals surface area contributed by atoms with Gasteiger partial charge < -0.3 is 10.1 Å². The molecule has 1 aromatic rings. The summed E-state index contributed by atoms with van der Waals surface area (Å²) in [7, 11) is 0. The fraction of sp³-hybridized carbons (Fsp3) is 0.300. The van der Waals surface area contributed by atoms with Crippen molar-refractivity contribution in [3.63, 3.8) is 0 Å². The van der Waals surface area contributed by atoms with Crippen LogP contribution in [-0.2, 0) is 4.74 Å². The van der Waals surface area contributed by atoms with Gasteiger partial charge in [-0.15, -0.1) is 0 Å². The maximum absolute atomic E-state index is 11.1. The van der Waals surface area contributed by atoms with E-state index in [1.807, 2.05) is 59.8 Å². The maximum atomic E-state index is 11.1. The third-order valence-electron chi connectivity index (χ3n) is 1.82. The number of alkyl carbamates (subject to hydrolysis) is 1. The number of nitrogens with one attached hydrogen (secondary N) is 1. The first-order valence-electron chi connectivity index (χ1n) is 4.28. The molecule has 0 aromatic heterocycles. The molecule has 0 aliphatic heterocycles. The number of amides is 1. The molecule has 1 aromatic carbocycles. The summed E-state index contributed by atoms with van der Waals surface area (Å²) in [6.07, 6.45) is -0.379. The minimum atomic E-state index is -0.379. The molecule has 14 heavy (non-hydrogen) atoms. The molecule has 0 spiro atoms. The Labute approximate surface area is 97.0 Å². The average Bonchev–Trinajstić information content (AvgIpc) is 2.19. The van der Waals surface area contributed by atoms with Crippen molar-refractivity contribution in [2.75, 3.05) is 4.61 Å². The van der Waals surface area contributed by atoms with Crippen LogP contribution in [0.15, 0.2) is 30.3 Å². The van der Waals surface area contributed by atoms with E-state index in [4.69, 9.17) is 4.74 Å². The summed E-state index contributed by atoms with van der Waals surface area (Å²) in [6.45, 7) is 1.92. The van der Waals surface area contributed by atoms with Crippen LogP contribution in [0.3, 0.4) is 0 Å². The first-order chi connectivity index (χ1) is 6.74. The topological polar surface area (TPSA) is 38.3 Å². The Morgan fingerprint density at radius 3 is 2.71 bits per heavy atom. The summed E-state index contributed by atoms with van der Waals surface area (Å²) in [4.78, 5) is 11.1. The highest BCUT2D eigenvalue weighted by atomic mass is 127. The van der Waals surface area contributed by atoms with E-state index in [-0.39, 0.29) is 12.1 Å². The quantitative estimate of drug-likeness (QED) is 0.689. The van der Waals surface area contributed by atoms with Gasteiger partial charge in [0.15, 0.2) is 0 Å². The van der Waals surface area contributed by atoms with Gasteiger partial charge in [0.05, 0.1) is 6.04 Å². The zero-order chi connectivity index (χ0) is 10.4. The number of hydrogen-bond acceptors (Lipinski definition) is 2. The molecule has 0 heterocycles. The van der Waals surface area contributed by atoms with Gasteiger partial charge in [-0.2, -0.15) is 0 Å². The monoisotopic (exact) mass is 305 g/mol. The lowest BCUT2D eigenvalue weighted by Gasteiger charge is -2.13. The SMILES string of the molecule is C[C@@H](NC(=O)OCI)c1ccccc1. The van der Waals surface area contributed by atoms with Crippen molar-refractivity contribution in [3.05, 3.63) is 35.9 Å². The number of hydrogen-bond donors (Lipinski definition) is 1. The largest absolute Gasteiger partial charge is 0.439 e. The second-order valence-corrected chi connectivity index (χ2v) is 3.44. The van der Waals surface area contributed by atoms with E-state index in [0.29, 0.717) is 4.61 Å². The summed E-state index contributed by atoms with van der Waals surface area (Å²) in [5, 5.41) is 2.73. The van der Waals surface area contributed by atoms with Gasteiger partial charge in [0.1, 0.15) is 4.61 Å². The number of halogens is 1. The van der Waals surface area contributed by atoms with E-state index in [2.05, 4.69) is 5.32 Å². The van der Waals surface area contributed by atoms with Gasteiger partial charge in [0, 0.05) is 0 Å². The van der Waals surface area contributed by atoms with E-state index < -0.39 is 0 Å². The lowest BCUT2D eigenvalue weighted by Crippen LogP contribution is -2.26. The molecule has 0 radical (unpaired) electrons. The van der Waals surface area contributed by atoms with Gasteiger partial charge in [0.25, 0.3) is 0 Å². The Bertz CT molecular complexity index is 289. The van der Waals surface area contributed by atoms with Crippen molar-refractivity contribution in [2.45, 2.75) is 13.0 Å². The molecule has 0 saturated carbocycles. The summed E-state index contributed by atoms with van der Waals surface area (Å²) in [5.74, 6) is 0. The Hall–Kier alpha value is -0.780. The van der Waals surface area contributed by atoms with Crippen LogP contribution in [0, 0.1) is 0 Å². The molecule has 4 heteroatoms. The highest BCUT2D eigenvalue weighted by Crippen LogP contribution is 2.10. The first kappa shape index (κ1) is 11.3. The van der Waals surface area contributed by atoms with Gasteiger partial charge >= 0.3 is 6.09 Å². The van der Waals surface area contributed by atoms with Crippen molar-refractivity contribution in [1.82, 2.24) is 5.32 Å². The van der Waals surface area contributed by atoms with Crippen LogP contribution in [-0.4, -0.2) is 10.7 Å². The molecule has 1 atom stereocenters. The van der Waals surface area contributed by atoms with Crippen molar-refractivity contribution < 1.29 is 9.53 Å². The van der Waals surface area contributed by atoms with E-state index in [1.165, 1.54) is 0 Å². The standard InChI is InChI=1S/C10H12INO2/c1-8(12-10(13)14-7-11)9-5-3-2-4-6-9/h2-6,8H,7H2,1H3,(H,12,13)/t8-/m1/s1. The van der Waals surface area contributed by atoms with Gasteiger partial charge in [-0.1, -0.05) is 30.3 Å². The Kier molecular flexibility index (Phi) is 4.72. The van der Waals surface area contributed by atoms with Crippen molar-refractivity contribution in [3.8, 4) is 0 Å². The number of carbonyl (C=O) groups is 1. The van der Waals surface area contributed by atoms with Crippen LogP contribution in [0.4, 0.5) is 4.79 Å².